The van der Waals surface area contributed by atoms with E-state index < -0.39 is 10.0 Å². The Morgan fingerprint density at radius 2 is 1.75 bits per heavy atom. The summed E-state index contributed by atoms with van der Waals surface area (Å²) in [6.45, 7) is 3.76. The lowest BCUT2D eigenvalue weighted by Crippen LogP contribution is -2.48. The van der Waals surface area contributed by atoms with Crippen molar-refractivity contribution in [3.05, 3.63) is 51.2 Å². The van der Waals surface area contributed by atoms with Crippen LogP contribution in [0.15, 0.2) is 41.3 Å². The van der Waals surface area contributed by atoms with Gasteiger partial charge in [-0.3, -0.25) is 9.69 Å². The van der Waals surface area contributed by atoms with Crippen molar-refractivity contribution in [2.45, 2.75) is 30.3 Å². The first-order chi connectivity index (χ1) is 13.4. The van der Waals surface area contributed by atoms with Crippen molar-refractivity contribution in [2.75, 3.05) is 26.2 Å². The number of carbonyl (C=O) groups is 1. The van der Waals surface area contributed by atoms with Crippen LogP contribution < -0.4 is 4.72 Å². The van der Waals surface area contributed by atoms with Gasteiger partial charge in [-0.25, -0.2) is 13.1 Å². The molecule has 1 aliphatic heterocycles. The summed E-state index contributed by atoms with van der Waals surface area (Å²) >= 11 is 7.57. The summed E-state index contributed by atoms with van der Waals surface area (Å²) < 4.78 is 27.9. The quantitative estimate of drug-likeness (QED) is 0.751. The topological polar surface area (TPSA) is 69.7 Å². The van der Waals surface area contributed by atoms with E-state index in [0.29, 0.717) is 18.7 Å². The van der Waals surface area contributed by atoms with Crippen LogP contribution in [0.4, 0.5) is 0 Å². The highest BCUT2D eigenvalue weighted by Crippen LogP contribution is 2.24. The van der Waals surface area contributed by atoms with E-state index in [1.54, 1.807) is 23.5 Å². The molecule has 2 aromatic rings. The van der Waals surface area contributed by atoms with E-state index in [2.05, 4.69) is 9.62 Å². The van der Waals surface area contributed by atoms with Crippen LogP contribution in [0, 0.1) is 0 Å². The number of rotatable bonds is 6. The van der Waals surface area contributed by atoms with E-state index >= 15 is 0 Å². The molecule has 1 saturated heterocycles. The zero-order valence-corrected chi connectivity index (χ0v) is 17.7. The van der Waals surface area contributed by atoms with Crippen LogP contribution in [-0.4, -0.2) is 56.3 Å². The fourth-order valence-corrected chi connectivity index (χ4v) is 5.65. The number of halogens is 1. The smallest absolute Gasteiger partial charge is 0.253 e. The van der Waals surface area contributed by atoms with Gasteiger partial charge in [0.2, 0.25) is 10.0 Å². The highest BCUT2D eigenvalue weighted by Gasteiger charge is 2.28. The highest BCUT2D eigenvalue weighted by atomic mass is 35.5. The number of benzene rings is 1. The summed E-state index contributed by atoms with van der Waals surface area (Å²) in [7, 11) is -3.49. The van der Waals surface area contributed by atoms with Gasteiger partial charge >= 0.3 is 0 Å². The number of nitrogens with one attached hydrogen (secondary N) is 1. The standard InChI is InChI=1S/C19H22ClN3O3S2/c20-18-8-5-16(27-18)13-22-9-11-23(12-10-22)19(24)14-1-6-17(7-2-14)28(25,26)21-15-3-4-15/h1-2,5-8,15,21H,3-4,9-13H2. The van der Waals surface area contributed by atoms with Gasteiger partial charge in [0, 0.05) is 49.2 Å². The molecule has 9 heteroatoms. The van der Waals surface area contributed by atoms with Crippen molar-refractivity contribution in [1.82, 2.24) is 14.5 Å². The predicted molar refractivity (Wildman–Crippen MR) is 110 cm³/mol. The fraction of sp³-hybridized carbons (Fsp3) is 0.421. The third-order valence-electron chi connectivity index (χ3n) is 4.98. The van der Waals surface area contributed by atoms with Crippen molar-refractivity contribution in [1.29, 1.82) is 0 Å². The van der Waals surface area contributed by atoms with E-state index in [1.807, 2.05) is 17.0 Å². The van der Waals surface area contributed by atoms with Gasteiger partial charge in [-0.1, -0.05) is 11.6 Å². The van der Waals surface area contributed by atoms with Gasteiger partial charge in [0.25, 0.3) is 5.91 Å². The Bertz CT molecular complexity index is 947. The number of piperazine rings is 1. The molecule has 1 saturated carbocycles. The van der Waals surface area contributed by atoms with Crippen LogP contribution in [0.2, 0.25) is 4.34 Å². The maximum atomic E-state index is 12.7. The van der Waals surface area contributed by atoms with E-state index in [0.717, 1.165) is 36.8 Å². The molecule has 2 heterocycles. The normalized spacial score (nSPS) is 18.4. The molecule has 2 fully saturated rings. The van der Waals surface area contributed by atoms with Gasteiger partial charge < -0.3 is 4.90 Å². The van der Waals surface area contributed by atoms with E-state index in [1.165, 1.54) is 17.0 Å². The SMILES string of the molecule is O=C(c1ccc(S(=O)(=O)NC2CC2)cc1)N1CCN(Cc2ccc(Cl)s2)CC1. The van der Waals surface area contributed by atoms with E-state index in [9.17, 15) is 13.2 Å². The molecule has 0 unspecified atom stereocenters. The van der Waals surface area contributed by atoms with E-state index in [-0.39, 0.29) is 16.8 Å². The molecular weight excluding hydrogens is 418 g/mol. The number of sulfonamides is 1. The van der Waals surface area contributed by atoms with Crippen LogP contribution in [0.5, 0.6) is 0 Å². The molecule has 150 valence electrons. The number of thiophene rings is 1. The molecule has 1 amide bonds. The summed E-state index contributed by atoms with van der Waals surface area (Å²) in [5, 5.41) is 0. The number of amides is 1. The lowest BCUT2D eigenvalue weighted by Gasteiger charge is -2.34. The lowest BCUT2D eigenvalue weighted by molar-refractivity contribution is 0.0629. The number of nitrogens with zero attached hydrogens (tertiary/aromatic N) is 2. The Hall–Kier alpha value is -1.45. The monoisotopic (exact) mass is 439 g/mol. The minimum Gasteiger partial charge on any atom is -0.336 e. The summed E-state index contributed by atoms with van der Waals surface area (Å²) in [6.07, 6.45) is 1.78. The van der Waals surface area contributed by atoms with Crippen LogP contribution in [0.25, 0.3) is 0 Å². The Labute approximate surface area is 174 Å². The zero-order chi connectivity index (χ0) is 19.7. The molecular formula is C19H22ClN3O3S2. The van der Waals surface area contributed by atoms with Crippen LogP contribution in [0.3, 0.4) is 0 Å². The first-order valence-corrected chi connectivity index (χ1v) is 12.0. The maximum absolute atomic E-state index is 12.7. The van der Waals surface area contributed by atoms with Crippen LogP contribution in [-0.2, 0) is 16.6 Å². The summed E-state index contributed by atoms with van der Waals surface area (Å²) in [5.41, 5.74) is 0.517. The molecule has 0 spiro atoms. The van der Waals surface area contributed by atoms with E-state index in [4.69, 9.17) is 11.6 Å². The first kappa shape index (κ1) is 19.8. The molecule has 6 nitrogen and oxygen atoms in total. The van der Waals surface area contributed by atoms with Gasteiger partial charge in [0.1, 0.15) is 0 Å². The Kier molecular flexibility index (Phi) is 5.76. The minimum absolute atomic E-state index is 0.0575. The molecule has 0 radical (unpaired) electrons. The summed E-state index contributed by atoms with van der Waals surface area (Å²) in [4.78, 5) is 18.3. The molecule has 1 aliphatic carbocycles. The predicted octanol–water partition coefficient (Wildman–Crippen LogP) is 2.80. The summed E-state index contributed by atoms with van der Waals surface area (Å²) in [5.74, 6) is -0.0575. The Morgan fingerprint density at radius 1 is 1.07 bits per heavy atom. The third-order valence-corrected chi connectivity index (χ3v) is 7.73. The van der Waals surface area contributed by atoms with Crippen molar-refractivity contribution >= 4 is 38.9 Å². The van der Waals surface area contributed by atoms with Gasteiger partial charge in [0.15, 0.2) is 0 Å². The first-order valence-electron chi connectivity index (χ1n) is 9.29. The van der Waals surface area contributed by atoms with Crippen LogP contribution >= 0.6 is 22.9 Å². The van der Waals surface area contributed by atoms with Gasteiger partial charge in [-0.05, 0) is 49.2 Å². The second kappa shape index (κ2) is 8.12. The zero-order valence-electron chi connectivity index (χ0n) is 15.3. The van der Waals surface area contributed by atoms with Crippen molar-refractivity contribution in [3.8, 4) is 0 Å². The number of carbonyl (C=O) groups excluding carboxylic acids is 1. The number of hydrogen-bond acceptors (Lipinski definition) is 5. The van der Waals surface area contributed by atoms with Crippen LogP contribution in [0.1, 0.15) is 28.1 Å². The molecule has 1 aromatic carbocycles. The Balaban J connectivity index is 1.33. The molecule has 4 rings (SSSR count). The van der Waals surface area contributed by atoms with Crippen molar-refractivity contribution < 1.29 is 13.2 Å². The average molecular weight is 440 g/mol. The largest absolute Gasteiger partial charge is 0.336 e. The lowest BCUT2D eigenvalue weighted by atomic mass is 10.2. The third kappa shape index (κ3) is 4.75. The highest BCUT2D eigenvalue weighted by molar-refractivity contribution is 7.89. The average Bonchev–Trinajstić information content (AvgIpc) is 3.40. The van der Waals surface area contributed by atoms with Gasteiger partial charge in [-0.2, -0.15) is 0 Å². The molecule has 1 aromatic heterocycles. The molecule has 0 bridgehead atoms. The maximum Gasteiger partial charge on any atom is 0.253 e. The minimum atomic E-state index is -3.49. The molecule has 2 aliphatic rings. The van der Waals surface area contributed by atoms with Crippen molar-refractivity contribution in [3.63, 3.8) is 0 Å². The second-order valence-corrected chi connectivity index (χ2v) is 10.7. The number of hydrogen-bond donors (Lipinski definition) is 1. The second-order valence-electron chi connectivity index (χ2n) is 7.19. The molecule has 28 heavy (non-hydrogen) atoms. The molecule has 0 atom stereocenters. The fourth-order valence-electron chi connectivity index (χ4n) is 3.21. The molecule has 1 N–H and O–H groups in total. The Morgan fingerprint density at radius 3 is 2.32 bits per heavy atom. The van der Waals surface area contributed by atoms with Gasteiger partial charge in [0.05, 0.1) is 9.23 Å². The van der Waals surface area contributed by atoms with Gasteiger partial charge in [-0.15, -0.1) is 11.3 Å². The van der Waals surface area contributed by atoms with Crippen molar-refractivity contribution in [2.24, 2.45) is 0 Å². The summed E-state index contributed by atoms with van der Waals surface area (Å²) in [6, 6.07) is 10.2.